The van der Waals surface area contributed by atoms with E-state index in [1.165, 1.54) is 6.20 Å². The van der Waals surface area contributed by atoms with E-state index in [-0.39, 0.29) is 0 Å². The van der Waals surface area contributed by atoms with E-state index < -0.39 is 5.54 Å². The summed E-state index contributed by atoms with van der Waals surface area (Å²) in [5.41, 5.74) is 5.74. The molecule has 0 saturated carbocycles. The molecule has 0 aromatic heterocycles. The van der Waals surface area contributed by atoms with Crippen LogP contribution >= 0.6 is 0 Å². The summed E-state index contributed by atoms with van der Waals surface area (Å²) < 4.78 is 0. The minimum atomic E-state index is -0.675. The van der Waals surface area contributed by atoms with Gasteiger partial charge in [-0.05, 0) is 21.9 Å². The molecule has 0 spiro atoms. The third-order valence-electron chi connectivity index (χ3n) is 4.66. The summed E-state index contributed by atoms with van der Waals surface area (Å²) in [5.74, 6) is 0.400. The molecule has 0 saturated heterocycles. The number of hydrogen-bond acceptors (Lipinski definition) is 5. The second kappa shape index (κ2) is 7.25. The van der Waals surface area contributed by atoms with Crippen molar-refractivity contribution in [1.29, 1.82) is 0 Å². The van der Waals surface area contributed by atoms with Crippen molar-refractivity contribution >= 4 is 6.34 Å². The number of aliphatic imine (C=N–C) groups is 1. The van der Waals surface area contributed by atoms with Gasteiger partial charge < -0.3 is 0 Å². The Morgan fingerprint density at radius 1 is 0.778 bits per heavy atom. The van der Waals surface area contributed by atoms with Crippen LogP contribution in [0, 0.1) is 4.91 Å². The molecule has 27 heavy (non-hydrogen) atoms. The first kappa shape index (κ1) is 16.7. The molecule has 0 bridgehead atoms. The van der Waals surface area contributed by atoms with Crippen LogP contribution < -0.4 is 5.43 Å². The lowest BCUT2D eigenvalue weighted by molar-refractivity contribution is 0.231. The average Bonchev–Trinajstić information content (AvgIpc) is 3.20. The van der Waals surface area contributed by atoms with Crippen LogP contribution in [-0.4, -0.2) is 11.3 Å². The molecule has 0 unspecified atom stereocenters. The molecule has 0 fully saturated rings. The Bertz CT molecular complexity index is 872. The highest BCUT2D eigenvalue weighted by atomic mass is 16.2. The highest BCUT2D eigenvalue weighted by Crippen LogP contribution is 2.41. The summed E-state index contributed by atoms with van der Waals surface area (Å²) >= 11 is 0. The van der Waals surface area contributed by atoms with Crippen LogP contribution in [0.5, 0.6) is 0 Å². The van der Waals surface area contributed by atoms with Gasteiger partial charge in [-0.25, -0.2) is 4.99 Å². The fraction of sp³-hybridized carbons (Fsp3) is 0.0455. The fourth-order valence-electron chi connectivity index (χ4n) is 3.54. The minimum Gasteiger partial charge on any atom is -0.278 e. The molecule has 1 aliphatic rings. The van der Waals surface area contributed by atoms with Crippen molar-refractivity contribution in [3.8, 4) is 0 Å². The van der Waals surface area contributed by atoms with Gasteiger partial charge in [-0.2, -0.15) is 0 Å². The van der Waals surface area contributed by atoms with Gasteiger partial charge in [-0.15, -0.1) is 4.91 Å². The van der Waals surface area contributed by atoms with E-state index in [4.69, 9.17) is 0 Å². The van der Waals surface area contributed by atoms with Crippen molar-refractivity contribution in [2.24, 2.45) is 10.2 Å². The zero-order chi connectivity index (χ0) is 18.5. The first-order chi connectivity index (χ1) is 13.4. The quantitative estimate of drug-likeness (QED) is 0.546. The first-order valence-corrected chi connectivity index (χ1v) is 8.65. The van der Waals surface area contributed by atoms with Gasteiger partial charge in [-0.1, -0.05) is 91.0 Å². The maximum absolute atomic E-state index is 10.7. The topological polar surface area (TPSA) is 57.1 Å². The summed E-state index contributed by atoms with van der Waals surface area (Å²) in [6.45, 7) is 0. The van der Waals surface area contributed by atoms with Crippen LogP contribution in [0.1, 0.15) is 16.7 Å². The van der Waals surface area contributed by atoms with E-state index in [0.29, 0.717) is 5.82 Å². The zero-order valence-electron chi connectivity index (χ0n) is 14.6. The minimum absolute atomic E-state index is 0.400. The van der Waals surface area contributed by atoms with Gasteiger partial charge in [0.15, 0.2) is 5.82 Å². The summed E-state index contributed by atoms with van der Waals surface area (Å²) in [5, 5.41) is 4.76. The molecule has 0 atom stereocenters. The predicted molar refractivity (Wildman–Crippen MR) is 107 cm³/mol. The monoisotopic (exact) mass is 354 g/mol. The van der Waals surface area contributed by atoms with E-state index in [1.807, 2.05) is 59.6 Å². The summed E-state index contributed by atoms with van der Waals surface area (Å²) in [7, 11) is 0. The molecule has 5 nitrogen and oxygen atoms in total. The molecule has 0 aliphatic carbocycles. The molecule has 5 heteroatoms. The second-order valence-corrected chi connectivity index (χ2v) is 6.15. The number of nitroso groups, excluding NO2 is 1. The van der Waals surface area contributed by atoms with Gasteiger partial charge >= 0.3 is 0 Å². The van der Waals surface area contributed by atoms with Crippen molar-refractivity contribution in [3.63, 3.8) is 0 Å². The highest BCUT2D eigenvalue weighted by molar-refractivity contribution is 5.66. The molecule has 1 heterocycles. The van der Waals surface area contributed by atoms with Crippen molar-refractivity contribution in [3.05, 3.63) is 125 Å². The smallest absolute Gasteiger partial charge is 0.168 e. The van der Waals surface area contributed by atoms with Crippen molar-refractivity contribution in [2.75, 3.05) is 0 Å². The molecule has 1 aliphatic heterocycles. The van der Waals surface area contributed by atoms with Crippen LogP contribution in [0.15, 0.2) is 113 Å². The lowest BCUT2D eigenvalue weighted by Gasteiger charge is -2.42. The van der Waals surface area contributed by atoms with Crippen molar-refractivity contribution in [1.82, 2.24) is 10.4 Å². The van der Waals surface area contributed by atoms with Crippen LogP contribution in [0.25, 0.3) is 0 Å². The van der Waals surface area contributed by atoms with Gasteiger partial charge in [0.2, 0.25) is 0 Å². The number of hydrogen-bond donors (Lipinski definition) is 1. The molecule has 3 aromatic rings. The van der Waals surface area contributed by atoms with Gasteiger partial charge in [0.1, 0.15) is 18.1 Å². The number of hydrazine groups is 1. The first-order valence-electron chi connectivity index (χ1n) is 8.65. The zero-order valence-corrected chi connectivity index (χ0v) is 14.6. The predicted octanol–water partition coefficient (Wildman–Crippen LogP) is 4.39. The van der Waals surface area contributed by atoms with E-state index >= 15 is 0 Å². The lowest BCUT2D eigenvalue weighted by atomic mass is 9.76. The van der Waals surface area contributed by atoms with Crippen LogP contribution in [0.3, 0.4) is 0 Å². The Hall–Kier alpha value is -3.73. The highest BCUT2D eigenvalue weighted by Gasteiger charge is 2.43. The van der Waals surface area contributed by atoms with Crippen LogP contribution in [0.2, 0.25) is 0 Å². The molecule has 1 N–H and O–H groups in total. The Labute approximate surface area is 157 Å². The van der Waals surface area contributed by atoms with Gasteiger partial charge in [0.25, 0.3) is 0 Å². The summed E-state index contributed by atoms with van der Waals surface area (Å²) in [4.78, 5) is 15.0. The van der Waals surface area contributed by atoms with Gasteiger partial charge in [-0.3, -0.25) is 10.4 Å². The molecular formula is C22H18N4O. The maximum atomic E-state index is 10.7. The summed E-state index contributed by atoms with van der Waals surface area (Å²) in [6.07, 6.45) is 2.87. The van der Waals surface area contributed by atoms with Gasteiger partial charge in [0, 0.05) is 0 Å². The third-order valence-corrected chi connectivity index (χ3v) is 4.66. The van der Waals surface area contributed by atoms with E-state index in [0.717, 1.165) is 16.7 Å². The average molecular weight is 354 g/mol. The third kappa shape index (κ3) is 2.89. The Kier molecular flexibility index (Phi) is 4.49. The standard InChI is InChI=1S/C22H18N4O/c27-24-16-21-23-17-26(25-21)22(18-10-4-1-5-11-18,19-12-6-2-7-13-19)20-14-8-3-9-15-20/h1-17,25H. The van der Waals surface area contributed by atoms with E-state index in [1.54, 1.807) is 6.34 Å². The molecule has 0 radical (unpaired) electrons. The molecule has 3 aromatic carbocycles. The van der Waals surface area contributed by atoms with E-state index in [9.17, 15) is 4.91 Å². The fourth-order valence-corrected chi connectivity index (χ4v) is 3.54. The Morgan fingerprint density at radius 3 is 1.63 bits per heavy atom. The maximum Gasteiger partial charge on any atom is 0.168 e. The second-order valence-electron chi connectivity index (χ2n) is 6.15. The van der Waals surface area contributed by atoms with Crippen LogP contribution in [0.4, 0.5) is 0 Å². The number of rotatable bonds is 5. The summed E-state index contributed by atoms with van der Waals surface area (Å²) in [6, 6.07) is 30.7. The van der Waals surface area contributed by atoms with Crippen molar-refractivity contribution in [2.45, 2.75) is 5.54 Å². The SMILES string of the molecule is O=NC=C1N=CN(C(c2ccccc2)(c2ccccc2)c2ccccc2)N1. The number of benzene rings is 3. The Balaban J connectivity index is 2.00. The molecular weight excluding hydrogens is 336 g/mol. The molecule has 4 rings (SSSR count). The van der Waals surface area contributed by atoms with Crippen molar-refractivity contribution < 1.29 is 0 Å². The number of nitrogens with one attached hydrogen (secondary N) is 1. The molecule has 132 valence electrons. The normalized spacial score (nSPS) is 15.0. The Morgan fingerprint density at radius 2 is 1.22 bits per heavy atom. The number of nitrogens with zero attached hydrogens (tertiary/aromatic N) is 3. The van der Waals surface area contributed by atoms with Crippen LogP contribution in [-0.2, 0) is 5.54 Å². The largest absolute Gasteiger partial charge is 0.278 e. The molecule has 0 amide bonds. The van der Waals surface area contributed by atoms with Gasteiger partial charge in [0.05, 0.1) is 0 Å². The lowest BCUT2D eigenvalue weighted by Crippen LogP contribution is -2.51. The van der Waals surface area contributed by atoms with E-state index in [2.05, 4.69) is 52.0 Å².